The van der Waals surface area contributed by atoms with Gasteiger partial charge in [0.25, 0.3) is 5.91 Å². The first-order chi connectivity index (χ1) is 9.34. The quantitative estimate of drug-likeness (QED) is 0.854. The fourth-order valence-electron chi connectivity index (χ4n) is 2.05. The van der Waals surface area contributed by atoms with Crippen molar-refractivity contribution < 1.29 is 4.79 Å². The first-order valence-electron chi connectivity index (χ1n) is 6.11. The fraction of sp³-hybridized carbons (Fsp3) is 0.0625. The lowest BCUT2D eigenvalue weighted by Gasteiger charge is -1.99. The van der Waals surface area contributed by atoms with E-state index < -0.39 is 0 Å². The van der Waals surface area contributed by atoms with Crippen LogP contribution >= 0.6 is 11.8 Å². The van der Waals surface area contributed by atoms with E-state index in [1.165, 1.54) is 5.56 Å². The van der Waals surface area contributed by atoms with Crippen LogP contribution in [0.25, 0.3) is 5.57 Å². The lowest BCUT2D eigenvalue weighted by atomic mass is 10.1. The van der Waals surface area contributed by atoms with Gasteiger partial charge in [-0.15, -0.1) is 11.8 Å². The number of carbonyl (C=O) groups excluding carboxylic acids is 1. The Hall–Kier alpha value is -2.00. The molecule has 0 spiro atoms. The van der Waals surface area contributed by atoms with Gasteiger partial charge in [-0.25, -0.2) is 0 Å². The summed E-state index contributed by atoms with van der Waals surface area (Å²) in [6, 6.07) is 18.0. The third kappa shape index (κ3) is 2.56. The van der Waals surface area contributed by atoms with Crippen molar-refractivity contribution in [3.05, 3.63) is 71.1 Å². The molecule has 1 aliphatic heterocycles. The van der Waals surface area contributed by atoms with Crippen LogP contribution in [0.15, 0.2) is 60.0 Å². The zero-order valence-corrected chi connectivity index (χ0v) is 11.1. The third-order valence-corrected chi connectivity index (χ3v) is 3.91. The highest BCUT2D eigenvalue weighted by Crippen LogP contribution is 2.33. The molecule has 2 aromatic rings. The molecule has 19 heavy (non-hydrogen) atoms. The molecule has 1 aliphatic rings. The van der Waals surface area contributed by atoms with Crippen molar-refractivity contribution in [3.63, 3.8) is 0 Å². The molecule has 1 heterocycles. The van der Waals surface area contributed by atoms with E-state index in [9.17, 15) is 4.79 Å². The van der Waals surface area contributed by atoms with Crippen LogP contribution in [0.4, 0.5) is 5.69 Å². The maximum absolute atomic E-state index is 11.9. The molecule has 0 aliphatic carbocycles. The maximum Gasteiger partial charge on any atom is 0.256 e. The highest BCUT2D eigenvalue weighted by Gasteiger charge is 2.22. The topological polar surface area (TPSA) is 29.1 Å². The molecular formula is C16H13NOS. The van der Waals surface area contributed by atoms with Gasteiger partial charge in [-0.1, -0.05) is 48.5 Å². The summed E-state index contributed by atoms with van der Waals surface area (Å²) in [6.07, 6.45) is 0. The minimum absolute atomic E-state index is 0.0123. The normalized spacial score (nSPS) is 15.4. The Morgan fingerprint density at radius 3 is 2.58 bits per heavy atom. The van der Waals surface area contributed by atoms with Crippen molar-refractivity contribution in [2.45, 2.75) is 5.75 Å². The van der Waals surface area contributed by atoms with Crippen LogP contribution in [0, 0.1) is 0 Å². The van der Waals surface area contributed by atoms with Crippen molar-refractivity contribution in [1.82, 2.24) is 0 Å². The van der Waals surface area contributed by atoms with E-state index in [0.717, 1.165) is 22.6 Å². The average Bonchev–Trinajstić information content (AvgIpc) is 2.76. The average molecular weight is 267 g/mol. The Balaban J connectivity index is 1.76. The number of rotatable bonds is 3. The largest absolute Gasteiger partial charge is 0.321 e. The van der Waals surface area contributed by atoms with Gasteiger partial charge in [0.1, 0.15) is 0 Å². The van der Waals surface area contributed by atoms with Crippen molar-refractivity contribution in [2.75, 3.05) is 5.32 Å². The Bertz CT molecular complexity index is 634. The monoisotopic (exact) mass is 267 g/mol. The van der Waals surface area contributed by atoms with Crippen LogP contribution in [0.3, 0.4) is 0 Å². The highest BCUT2D eigenvalue weighted by molar-refractivity contribution is 8.01. The molecule has 1 N–H and O–H groups in total. The molecule has 0 bridgehead atoms. The lowest BCUT2D eigenvalue weighted by Crippen LogP contribution is -2.03. The molecule has 2 aromatic carbocycles. The number of carbonyl (C=O) groups is 1. The minimum Gasteiger partial charge on any atom is -0.321 e. The molecule has 0 unspecified atom stereocenters. The third-order valence-electron chi connectivity index (χ3n) is 3.00. The molecular weight excluding hydrogens is 254 g/mol. The van der Waals surface area contributed by atoms with Gasteiger partial charge in [0.15, 0.2) is 0 Å². The summed E-state index contributed by atoms with van der Waals surface area (Å²) in [7, 11) is 0. The SMILES string of the molecule is O=C1Nc2ccccc2/C1=C/SCc1ccccc1. The first kappa shape index (κ1) is 12.1. The highest BCUT2D eigenvalue weighted by atomic mass is 32.2. The molecule has 94 valence electrons. The van der Waals surface area contributed by atoms with Crippen molar-refractivity contribution in [1.29, 1.82) is 0 Å². The van der Waals surface area contributed by atoms with Crippen molar-refractivity contribution in [3.8, 4) is 0 Å². The van der Waals surface area contributed by atoms with Gasteiger partial charge >= 0.3 is 0 Å². The minimum atomic E-state index is -0.0123. The molecule has 0 saturated heterocycles. The Morgan fingerprint density at radius 1 is 1.00 bits per heavy atom. The van der Waals surface area contributed by atoms with Crippen LogP contribution < -0.4 is 5.32 Å². The predicted molar refractivity (Wildman–Crippen MR) is 80.8 cm³/mol. The second kappa shape index (κ2) is 5.33. The van der Waals surface area contributed by atoms with Crippen LogP contribution in [0.2, 0.25) is 0 Å². The Labute approximate surface area is 116 Å². The molecule has 1 amide bonds. The molecule has 3 rings (SSSR count). The summed E-state index contributed by atoms with van der Waals surface area (Å²) in [4.78, 5) is 11.9. The number of fused-ring (bicyclic) bond motifs is 1. The summed E-state index contributed by atoms with van der Waals surface area (Å²) in [5.74, 6) is 0.863. The molecule has 2 nitrogen and oxygen atoms in total. The van der Waals surface area contributed by atoms with Crippen LogP contribution in [0.1, 0.15) is 11.1 Å². The van der Waals surface area contributed by atoms with Crippen molar-refractivity contribution >= 4 is 28.9 Å². The van der Waals surface area contributed by atoms with Crippen LogP contribution in [-0.4, -0.2) is 5.91 Å². The molecule has 0 saturated carbocycles. The van der Waals surface area contributed by atoms with Gasteiger partial charge in [0.05, 0.1) is 5.57 Å². The number of para-hydroxylation sites is 1. The van der Waals surface area contributed by atoms with Gasteiger partial charge < -0.3 is 5.32 Å². The first-order valence-corrected chi connectivity index (χ1v) is 7.16. The van der Waals surface area contributed by atoms with E-state index >= 15 is 0 Å². The summed E-state index contributed by atoms with van der Waals surface area (Å²) in [5.41, 5.74) is 3.92. The van der Waals surface area contributed by atoms with E-state index in [-0.39, 0.29) is 5.91 Å². The molecule has 0 radical (unpaired) electrons. The number of thioether (sulfide) groups is 1. The van der Waals surface area contributed by atoms with Gasteiger partial charge in [-0.3, -0.25) is 4.79 Å². The number of anilines is 1. The van der Waals surface area contributed by atoms with E-state index in [1.807, 2.05) is 47.9 Å². The van der Waals surface area contributed by atoms with Crippen LogP contribution in [0.5, 0.6) is 0 Å². The summed E-state index contributed by atoms with van der Waals surface area (Å²) in [6.45, 7) is 0. The second-order valence-electron chi connectivity index (χ2n) is 4.33. The van der Waals surface area contributed by atoms with E-state index in [2.05, 4.69) is 17.4 Å². The number of hydrogen-bond acceptors (Lipinski definition) is 2. The zero-order chi connectivity index (χ0) is 13.1. The summed E-state index contributed by atoms with van der Waals surface area (Å²) < 4.78 is 0. The van der Waals surface area contributed by atoms with Gasteiger partial charge in [-0.2, -0.15) is 0 Å². The molecule has 0 aromatic heterocycles. The van der Waals surface area contributed by atoms with E-state index in [1.54, 1.807) is 11.8 Å². The van der Waals surface area contributed by atoms with E-state index in [0.29, 0.717) is 0 Å². The summed E-state index contributed by atoms with van der Waals surface area (Å²) >= 11 is 1.65. The molecule has 0 atom stereocenters. The number of amides is 1. The summed E-state index contributed by atoms with van der Waals surface area (Å²) in [5, 5.41) is 4.83. The fourth-order valence-corrected chi connectivity index (χ4v) is 2.92. The lowest BCUT2D eigenvalue weighted by molar-refractivity contribution is -0.110. The van der Waals surface area contributed by atoms with Crippen molar-refractivity contribution in [2.24, 2.45) is 0 Å². The number of nitrogens with one attached hydrogen (secondary N) is 1. The van der Waals surface area contributed by atoms with Gasteiger partial charge in [0, 0.05) is 17.0 Å². The van der Waals surface area contributed by atoms with Crippen LogP contribution in [-0.2, 0) is 10.5 Å². The maximum atomic E-state index is 11.9. The van der Waals surface area contributed by atoms with Gasteiger partial charge in [0.2, 0.25) is 0 Å². The Kier molecular flexibility index (Phi) is 3.38. The van der Waals surface area contributed by atoms with Gasteiger partial charge in [-0.05, 0) is 17.0 Å². The standard InChI is InChI=1S/C16H13NOS/c18-16-14(13-8-4-5-9-15(13)17-16)11-19-10-12-6-2-1-3-7-12/h1-9,11H,10H2,(H,17,18)/b14-11-. The number of benzene rings is 2. The van der Waals surface area contributed by atoms with E-state index in [4.69, 9.17) is 0 Å². The molecule has 3 heteroatoms. The number of hydrogen-bond donors (Lipinski definition) is 1. The molecule has 0 fully saturated rings. The predicted octanol–water partition coefficient (Wildman–Crippen LogP) is 3.91. The smallest absolute Gasteiger partial charge is 0.256 e. The second-order valence-corrected chi connectivity index (χ2v) is 5.19. The Morgan fingerprint density at radius 2 is 1.74 bits per heavy atom. The zero-order valence-electron chi connectivity index (χ0n) is 10.3.